The standard InChI is InChI=1S/C13H18N4O4/c1-3-5-6-17-11-10(12(20)15-13(17)21)16(4-2)8(14-11)7-9(18)19/h3-7H2,1-2H3,(H,18,19)(H,15,20,21). The molecule has 0 fully saturated rings. The topological polar surface area (TPSA) is 110 Å². The highest BCUT2D eigenvalue weighted by atomic mass is 16.4. The molecule has 0 saturated carbocycles. The number of aromatic amines is 1. The first-order chi connectivity index (χ1) is 9.99. The Morgan fingerprint density at radius 1 is 1.29 bits per heavy atom. The van der Waals surface area contributed by atoms with E-state index < -0.39 is 17.2 Å². The Kier molecular flexibility index (Phi) is 4.25. The van der Waals surface area contributed by atoms with Gasteiger partial charge in [0.05, 0.1) is 0 Å². The lowest BCUT2D eigenvalue weighted by Gasteiger charge is -2.05. The summed E-state index contributed by atoms with van der Waals surface area (Å²) >= 11 is 0. The number of hydrogen-bond acceptors (Lipinski definition) is 4. The van der Waals surface area contributed by atoms with Gasteiger partial charge in [0.25, 0.3) is 5.56 Å². The molecule has 0 spiro atoms. The molecule has 0 amide bonds. The number of hydrogen-bond donors (Lipinski definition) is 2. The van der Waals surface area contributed by atoms with Crippen molar-refractivity contribution < 1.29 is 9.90 Å². The van der Waals surface area contributed by atoms with Crippen molar-refractivity contribution in [1.82, 2.24) is 19.1 Å². The molecular formula is C13H18N4O4. The molecule has 2 rings (SSSR count). The molecule has 2 aromatic heterocycles. The number of aryl methyl sites for hydroxylation is 2. The molecule has 0 aliphatic heterocycles. The van der Waals surface area contributed by atoms with Crippen molar-refractivity contribution in [1.29, 1.82) is 0 Å². The van der Waals surface area contributed by atoms with E-state index in [-0.39, 0.29) is 23.4 Å². The second-order valence-electron chi connectivity index (χ2n) is 4.78. The summed E-state index contributed by atoms with van der Waals surface area (Å²) in [7, 11) is 0. The van der Waals surface area contributed by atoms with E-state index in [1.165, 1.54) is 4.57 Å². The number of carboxylic acids is 1. The Morgan fingerprint density at radius 3 is 2.57 bits per heavy atom. The summed E-state index contributed by atoms with van der Waals surface area (Å²) < 4.78 is 2.95. The largest absolute Gasteiger partial charge is 0.481 e. The number of aromatic nitrogens is 4. The fraction of sp³-hybridized carbons (Fsp3) is 0.538. The Hall–Kier alpha value is -2.38. The van der Waals surface area contributed by atoms with Crippen LogP contribution in [0.25, 0.3) is 11.2 Å². The number of rotatable bonds is 6. The lowest BCUT2D eigenvalue weighted by atomic mass is 10.3. The van der Waals surface area contributed by atoms with Crippen LogP contribution in [0.4, 0.5) is 0 Å². The van der Waals surface area contributed by atoms with Gasteiger partial charge in [0.15, 0.2) is 11.2 Å². The summed E-state index contributed by atoms with van der Waals surface area (Å²) in [4.78, 5) is 41.4. The van der Waals surface area contributed by atoms with E-state index in [0.29, 0.717) is 13.1 Å². The van der Waals surface area contributed by atoms with Gasteiger partial charge in [0, 0.05) is 13.1 Å². The fourth-order valence-corrected chi connectivity index (χ4v) is 2.35. The molecular weight excluding hydrogens is 276 g/mol. The van der Waals surface area contributed by atoms with E-state index in [0.717, 1.165) is 12.8 Å². The second kappa shape index (κ2) is 5.94. The van der Waals surface area contributed by atoms with E-state index in [9.17, 15) is 14.4 Å². The summed E-state index contributed by atoms with van der Waals surface area (Å²) in [6.45, 7) is 4.64. The number of nitrogens with zero attached hydrogens (tertiary/aromatic N) is 3. The second-order valence-corrected chi connectivity index (χ2v) is 4.78. The molecule has 114 valence electrons. The molecule has 0 saturated heterocycles. The van der Waals surface area contributed by atoms with Crippen molar-refractivity contribution in [2.24, 2.45) is 0 Å². The summed E-state index contributed by atoms with van der Waals surface area (Å²) in [5, 5.41) is 8.94. The minimum atomic E-state index is -1.03. The molecule has 8 nitrogen and oxygen atoms in total. The first-order valence-electron chi connectivity index (χ1n) is 6.93. The van der Waals surface area contributed by atoms with Crippen molar-refractivity contribution >= 4 is 17.1 Å². The predicted molar refractivity (Wildman–Crippen MR) is 76.5 cm³/mol. The average Bonchev–Trinajstić information content (AvgIpc) is 2.76. The molecule has 21 heavy (non-hydrogen) atoms. The highest BCUT2D eigenvalue weighted by Crippen LogP contribution is 2.12. The average molecular weight is 294 g/mol. The Morgan fingerprint density at radius 2 is 2.00 bits per heavy atom. The maximum Gasteiger partial charge on any atom is 0.330 e. The molecule has 2 aromatic rings. The number of carboxylic acid groups (broad SMARTS) is 1. The van der Waals surface area contributed by atoms with Crippen LogP contribution in [-0.2, 0) is 24.3 Å². The van der Waals surface area contributed by atoms with Gasteiger partial charge in [-0.3, -0.25) is 19.1 Å². The van der Waals surface area contributed by atoms with E-state index in [1.54, 1.807) is 11.5 Å². The highest BCUT2D eigenvalue weighted by Gasteiger charge is 2.18. The van der Waals surface area contributed by atoms with E-state index in [1.807, 2.05) is 6.92 Å². The third kappa shape index (κ3) is 2.74. The lowest BCUT2D eigenvalue weighted by molar-refractivity contribution is -0.136. The Bertz CT molecular complexity index is 784. The summed E-state index contributed by atoms with van der Waals surface area (Å²) in [5.74, 6) is -0.750. The van der Waals surface area contributed by atoms with Gasteiger partial charge >= 0.3 is 11.7 Å². The number of carbonyl (C=O) groups is 1. The van der Waals surface area contributed by atoms with Crippen LogP contribution in [0.3, 0.4) is 0 Å². The molecule has 0 aliphatic rings. The minimum Gasteiger partial charge on any atom is -0.481 e. The van der Waals surface area contributed by atoms with Crippen LogP contribution in [0.5, 0.6) is 0 Å². The zero-order chi connectivity index (χ0) is 15.6. The number of aliphatic carboxylic acids is 1. The van der Waals surface area contributed by atoms with Crippen LogP contribution in [-0.4, -0.2) is 30.2 Å². The van der Waals surface area contributed by atoms with Gasteiger partial charge in [-0.1, -0.05) is 13.3 Å². The maximum atomic E-state index is 12.0. The predicted octanol–water partition coefficient (Wildman–Crippen LogP) is 0.333. The van der Waals surface area contributed by atoms with Crippen LogP contribution in [0, 0.1) is 0 Å². The zero-order valence-corrected chi connectivity index (χ0v) is 12.0. The zero-order valence-electron chi connectivity index (χ0n) is 12.0. The SMILES string of the molecule is CCCCn1c(=O)[nH]c(=O)c2c1nc(CC(=O)O)n2CC. The Labute approximate surface area is 120 Å². The van der Waals surface area contributed by atoms with Crippen LogP contribution in [0.2, 0.25) is 0 Å². The smallest absolute Gasteiger partial charge is 0.330 e. The van der Waals surface area contributed by atoms with Crippen LogP contribution in [0.15, 0.2) is 9.59 Å². The van der Waals surface area contributed by atoms with Crippen molar-refractivity contribution in [3.05, 3.63) is 26.7 Å². The molecule has 2 N–H and O–H groups in total. The highest BCUT2D eigenvalue weighted by molar-refractivity contribution is 5.74. The third-order valence-electron chi connectivity index (χ3n) is 3.33. The van der Waals surface area contributed by atoms with Crippen LogP contribution >= 0.6 is 0 Å². The fourth-order valence-electron chi connectivity index (χ4n) is 2.35. The number of H-pyrrole nitrogens is 1. The van der Waals surface area contributed by atoms with Crippen molar-refractivity contribution in [2.75, 3.05) is 0 Å². The Balaban J connectivity index is 2.75. The van der Waals surface area contributed by atoms with Gasteiger partial charge in [-0.2, -0.15) is 0 Å². The van der Waals surface area contributed by atoms with Gasteiger partial charge in [-0.15, -0.1) is 0 Å². The number of imidazole rings is 1. The third-order valence-corrected chi connectivity index (χ3v) is 3.33. The van der Waals surface area contributed by atoms with E-state index in [2.05, 4.69) is 9.97 Å². The van der Waals surface area contributed by atoms with Gasteiger partial charge < -0.3 is 9.67 Å². The first kappa shape index (κ1) is 15.0. The van der Waals surface area contributed by atoms with Crippen molar-refractivity contribution in [2.45, 2.75) is 46.2 Å². The molecule has 0 aromatic carbocycles. The van der Waals surface area contributed by atoms with Gasteiger partial charge in [-0.05, 0) is 13.3 Å². The van der Waals surface area contributed by atoms with Gasteiger partial charge in [-0.25, -0.2) is 9.78 Å². The minimum absolute atomic E-state index is 0.254. The number of nitrogens with one attached hydrogen (secondary N) is 1. The summed E-state index contributed by atoms with van der Waals surface area (Å²) in [5.41, 5.74) is -0.530. The molecule has 0 bridgehead atoms. The summed E-state index contributed by atoms with van der Waals surface area (Å²) in [6.07, 6.45) is 1.38. The van der Waals surface area contributed by atoms with Crippen molar-refractivity contribution in [3.63, 3.8) is 0 Å². The first-order valence-corrected chi connectivity index (χ1v) is 6.93. The quantitative estimate of drug-likeness (QED) is 0.798. The molecule has 0 unspecified atom stereocenters. The normalized spacial score (nSPS) is 11.1. The van der Waals surface area contributed by atoms with E-state index >= 15 is 0 Å². The molecule has 8 heteroatoms. The molecule has 0 aliphatic carbocycles. The molecule has 0 atom stereocenters. The van der Waals surface area contributed by atoms with Crippen molar-refractivity contribution in [3.8, 4) is 0 Å². The number of unbranched alkanes of at least 4 members (excludes halogenated alkanes) is 1. The maximum absolute atomic E-state index is 12.0. The van der Waals surface area contributed by atoms with Crippen LogP contribution < -0.4 is 11.2 Å². The monoisotopic (exact) mass is 294 g/mol. The lowest BCUT2D eigenvalue weighted by Crippen LogP contribution is -2.31. The number of fused-ring (bicyclic) bond motifs is 1. The summed E-state index contributed by atoms with van der Waals surface area (Å²) in [6, 6.07) is 0. The van der Waals surface area contributed by atoms with E-state index in [4.69, 9.17) is 5.11 Å². The van der Waals surface area contributed by atoms with Crippen LogP contribution in [0.1, 0.15) is 32.5 Å². The van der Waals surface area contributed by atoms with Gasteiger partial charge in [0.2, 0.25) is 0 Å². The molecule has 2 heterocycles. The molecule has 0 radical (unpaired) electrons. The van der Waals surface area contributed by atoms with Gasteiger partial charge in [0.1, 0.15) is 12.2 Å².